The summed E-state index contributed by atoms with van der Waals surface area (Å²) in [5.74, 6) is -0.515. The molecule has 2 aromatic carbocycles. The number of rotatable bonds is 5. The molecule has 2 aliphatic rings. The quantitative estimate of drug-likeness (QED) is 0.722. The van der Waals surface area contributed by atoms with Gasteiger partial charge in [-0.05, 0) is 49.6 Å². The number of benzene rings is 2. The molecule has 8 nitrogen and oxygen atoms in total. The fraction of sp³-hybridized carbons (Fsp3) is 0.381. The van der Waals surface area contributed by atoms with E-state index in [1.807, 2.05) is 12.1 Å². The minimum absolute atomic E-state index is 0.00367. The number of carbonyl (C=O) groups excluding carboxylic acids is 1. The molecule has 0 bridgehead atoms. The minimum atomic E-state index is -3.89. The molecule has 1 amide bonds. The summed E-state index contributed by atoms with van der Waals surface area (Å²) in [6.07, 6.45) is 0.914. The number of nitrogens with one attached hydrogen (secondary N) is 1. The summed E-state index contributed by atoms with van der Waals surface area (Å²) < 4.78 is 57.0. The number of hydrogen-bond acceptors (Lipinski definition) is 6. The third-order valence-corrected chi connectivity index (χ3v) is 9.48. The minimum Gasteiger partial charge on any atom is -0.496 e. The van der Waals surface area contributed by atoms with Crippen LogP contribution in [0.15, 0.2) is 47.4 Å². The fourth-order valence-electron chi connectivity index (χ4n) is 4.16. The predicted molar refractivity (Wildman–Crippen MR) is 117 cm³/mol. The third-order valence-electron chi connectivity index (χ3n) is 5.77. The normalized spacial score (nSPS) is 22.2. The number of sulfone groups is 1. The van der Waals surface area contributed by atoms with E-state index in [9.17, 15) is 21.6 Å². The molecule has 0 unspecified atom stereocenters. The zero-order valence-corrected chi connectivity index (χ0v) is 18.9. The Bertz CT molecular complexity index is 1260. The molecule has 1 saturated heterocycles. The van der Waals surface area contributed by atoms with Crippen molar-refractivity contribution in [1.29, 1.82) is 0 Å². The van der Waals surface area contributed by atoms with Gasteiger partial charge in [-0.1, -0.05) is 18.2 Å². The molecule has 0 aromatic heterocycles. The van der Waals surface area contributed by atoms with Crippen LogP contribution in [0.2, 0.25) is 0 Å². The standard InChI is InChI=1S/C21H24N2O6S2/c1-21(10-12-30(25,26)14-21)22-20(24)17-13-16(7-8-19(17)29-2)31(27,28)23-11-9-15-5-3-4-6-18(15)23/h3-8,13H,9-12,14H2,1-2H3,(H,22,24)/t21-/m0/s1. The highest BCUT2D eigenvalue weighted by Crippen LogP contribution is 2.34. The molecule has 1 N–H and O–H groups in total. The highest BCUT2D eigenvalue weighted by molar-refractivity contribution is 7.93. The Morgan fingerprint density at radius 1 is 1.19 bits per heavy atom. The summed E-state index contributed by atoms with van der Waals surface area (Å²) in [4.78, 5) is 13.0. The van der Waals surface area contributed by atoms with E-state index in [1.165, 1.54) is 29.6 Å². The van der Waals surface area contributed by atoms with Gasteiger partial charge in [0.05, 0.1) is 40.3 Å². The van der Waals surface area contributed by atoms with Gasteiger partial charge in [0, 0.05) is 6.54 Å². The summed E-state index contributed by atoms with van der Waals surface area (Å²) in [6, 6.07) is 11.5. The molecule has 2 aromatic rings. The number of sulfonamides is 1. The van der Waals surface area contributed by atoms with E-state index in [0.717, 1.165) is 5.56 Å². The highest BCUT2D eigenvalue weighted by atomic mass is 32.2. The number of ether oxygens (including phenoxy) is 1. The molecule has 0 aliphatic carbocycles. The van der Waals surface area contributed by atoms with E-state index in [4.69, 9.17) is 4.74 Å². The SMILES string of the molecule is COc1ccc(S(=O)(=O)N2CCc3ccccc32)cc1C(=O)N[C@@]1(C)CCS(=O)(=O)C1. The van der Waals surface area contributed by atoms with E-state index in [0.29, 0.717) is 25.1 Å². The first-order valence-electron chi connectivity index (χ1n) is 9.86. The van der Waals surface area contributed by atoms with Crippen molar-refractivity contribution in [2.45, 2.75) is 30.2 Å². The zero-order valence-electron chi connectivity index (χ0n) is 17.3. The average Bonchev–Trinajstić information content (AvgIpc) is 3.27. The van der Waals surface area contributed by atoms with Gasteiger partial charge in [-0.25, -0.2) is 16.8 Å². The summed E-state index contributed by atoms with van der Waals surface area (Å²) >= 11 is 0. The lowest BCUT2D eigenvalue weighted by Gasteiger charge is -2.25. The van der Waals surface area contributed by atoms with Crippen molar-refractivity contribution in [3.05, 3.63) is 53.6 Å². The van der Waals surface area contributed by atoms with Crippen molar-refractivity contribution in [3.63, 3.8) is 0 Å². The lowest BCUT2D eigenvalue weighted by molar-refractivity contribution is 0.0912. The lowest BCUT2D eigenvalue weighted by Crippen LogP contribution is -2.47. The molecule has 0 saturated carbocycles. The van der Waals surface area contributed by atoms with Crippen LogP contribution < -0.4 is 14.4 Å². The van der Waals surface area contributed by atoms with Crippen LogP contribution in [0.5, 0.6) is 5.75 Å². The Hall–Kier alpha value is -2.59. The van der Waals surface area contributed by atoms with Crippen LogP contribution in [-0.4, -0.2) is 53.4 Å². The van der Waals surface area contributed by atoms with Crippen LogP contribution >= 0.6 is 0 Å². The number of hydrogen-bond donors (Lipinski definition) is 1. The first-order chi connectivity index (χ1) is 14.5. The summed E-state index contributed by atoms with van der Waals surface area (Å²) in [5.41, 5.74) is 0.714. The second-order valence-electron chi connectivity index (χ2n) is 8.17. The van der Waals surface area contributed by atoms with Crippen molar-refractivity contribution >= 4 is 31.5 Å². The second-order valence-corrected chi connectivity index (χ2v) is 12.2. The largest absolute Gasteiger partial charge is 0.496 e. The average molecular weight is 465 g/mol. The molecule has 4 rings (SSSR count). The van der Waals surface area contributed by atoms with Crippen LogP contribution in [0.4, 0.5) is 5.69 Å². The van der Waals surface area contributed by atoms with Crippen molar-refractivity contribution in [3.8, 4) is 5.75 Å². The highest BCUT2D eigenvalue weighted by Gasteiger charge is 2.40. The van der Waals surface area contributed by atoms with E-state index in [2.05, 4.69) is 5.32 Å². The van der Waals surface area contributed by atoms with Gasteiger partial charge in [-0.3, -0.25) is 9.10 Å². The maximum atomic E-state index is 13.3. The summed E-state index contributed by atoms with van der Waals surface area (Å²) in [6.45, 7) is 1.99. The smallest absolute Gasteiger partial charge is 0.264 e. The van der Waals surface area contributed by atoms with Gasteiger partial charge in [0.15, 0.2) is 9.84 Å². The van der Waals surface area contributed by atoms with Crippen molar-refractivity contribution in [2.75, 3.05) is 29.5 Å². The number of carbonyl (C=O) groups is 1. The van der Waals surface area contributed by atoms with Gasteiger partial charge in [0.1, 0.15) is 5.75 Å². The van der Waals surface area contributed by atoms with Gasteiger partial charge in [-0.2, -0.15) is 0 Å². The van der Waals surface area contributed by atoms with Crippen LogP contribution in [0.3, 0.4) is 0 Å². The number of methoxy groups -OCH3 is 1. The maximum Gasteiger partial charge on any atom is 0.264 e. The Labute approximate surface area is 182 Å². The fourth-order valence-corrected chi connectivity index (χ4v) is 7.78. The predicted octanol–water partition coefficient (Wildman–Crippen LogP) is 1.75. The topological polar surface area (TPSA) is 110 Å². The molecular weight excluding hydrogens is 440 g/mol. The number of amides is 1. The molecule has 1 fully saturated rings. The Balaban J connectivity index is 1.67. The van der Waals surface area contributed by atoms with Crippen LogP contribution in [0.1, 0.15) is 29.3 Å². The van der Waals surface area contributed by atoms with Gasteiger partial charge in [-0.15, -0.1) is 0 Å². The number of para-hydroxylation sites is 1. The number of nitrogens with zero attached hydrogens (tertiary/aromatic N) is 1. The monoisotopic (exact) mass is 464 g/mol. The van der Waals surface area contributed by atoms with Gasteiger partial charge >= 0.3 is 0 Å². The van der Waals surface area contributed by atoms with Gasteiger partial charge in [0.2, 0.25) is 0 Å². The van der Waals surface area contributed by atoms with Crippen LogP contribution in [0, 0.1) is 0 Å². The summed E-state index contributed by atoms with van der Waals surface area (Å²) in [5, 5.41) is 2.76. The van der Waals surface area contributed by atoms with Crippen LogP contribution in [0.25, 0.3) is 0 Å². The molecule has 166 valence electrons. The third kappa shape index (κ3) is 4.01. The molecule has 31 heavy (non-hydrogen) atoms. The maximum absolute atomic E-state index is 13.3. The Kier molecular flexibility index (Phi) is 5.25. The van der Waals surface area contributed by atoms with Gasteiger partial charge in [0.25, 0.3) is 15.9 Å². The molecule has 2 aliphatic heterocycles. The van der Waals surface area contributed by atoms with Crippen molar-refractivity contribution < 1.29 is 26.4 Å². The first kappa shape index (κ1) is 21.6. The van der Waals surface area contributed by atoms with Gasteiger partial charge < -0.3 is 10.1 Å². The van der Waals surface area contributed by atoms with Crippen molar-refractivity contribution in [1.82, 2.24) is 5.32 Å². The van der Waals surface area contributed by atoms with Crippen molar-refractivity contribution in [2.24, 2.45) is 0 Å². The molecule has 0 radical (unpaired) electrons. The zero-order chi connectivity index (χ0) is 22.4. The first-order valence-corrected chi connectivity index (χ1v) is 13.1. The summed E-state index contributed by atoms with van der Waals surface area (Å²) in [7, 11) is -5.72. The molecule has 10 heteroatoms. The van der Waals surface area contributed by atoms with E-state index in [-0.39, 0.29) is 27.7 Å². The Morgan fingerprint density at radius 2 is 1.94 bits per heavy atom. The van der Waals surface area contributed by atoms with Crippen LogP contribution in [-0.2, 0) is 26.3 Å². The molecule has 0 spiro atoms. The van der Waals surface area contributed by atoms with E-state index >= 15 is 0 Å². The molecule has 1 atom stereocenters. The molecular formula is C21H24N2O6S2. The Morgan fingerprint density at radius 3 is 2.61 bits per heavy atom. The number of fused-ring (bicyclic) bond motifs is 1. The molecule has 2 heterocycles. The van der Waals surface area contributed by atoms with E-state index < -0.39 is 31.3 Å². The van der Waals surface area contributed by atoms with E-state index in [1.54, 1.807) is 19.1 Å². The lowest BCUT2D eigenvalue weighted by atomic mass is 10.0. The second kappa shape index (κ2) is 7.52. The number of anilines is 1.